The predicted octanol–water partition coefficient (Wildman–Crippen LogP) is 2.40. The van der Waals surface area contributed by atoms with Gasteiger partial charge >= 0.3 is 5.97 Å². The lowest BCUT2D eigenvalue weighted by molar-refractivity contribution is -0.139. The number of Topliss-reactive ketones (excluding diaryl/α,β-unsaturated/α-hetero) is 1. The van der Waals surface area contributed by atoms with Crippen molar-refractivity contribution in [2.75, 3.05) is 6.61 Å². The molecule has 0 atom stereocenters. The molecule has 3 nitrogen and oxygen atoms in total. The molecule has 0 spiro atoms. The molecule has 0 amide bonds. The molecule has 0 N–H and O–H groups in total. The average Bonchev–Trinajstić information content (AvgIpc) is 2.57. The largest absolute Gasteiger partial charge is 0.462 e. The van der Waals surface area contributed by atoms with Crippen LogP contribution in [0.4, 0.5) is 0 Å². The van der Waals surface area contributed by atoms with Gasteiger partial charge in [-0.05, 0) is 26.2 Å². The molecule has 0 aromatic rings. The molecular formula is C12H18O3. The van der Waals surface area contributed by atoms with E-state index in [1.54, 1.807) is 6.92 Å². The van der Waals surface area contributed by atoms with Crippen LogP contribution in [0.25, 0.3) is 0 Å². The summed E-state index contributed by atoms with van der Waals surface area (Å²) in [5.74, 6) is -0.467. The summed E-state index contributed by atoms with van der Waals surface area (Å²) in [5.41, 5.74) is 1.34. The minimum absolute atomic E-state index is 0.0421. The summed E-state index contributed by atoms with van der Waals surface area (Å²) in [7, 11) is 0. The maximum Gasteiger partial charge on any atom is 0.341 e. The smallest absolute Gasteiger partial charge is 0.341 e. The van der Waals surface area contributed by atoms with Crippen molar-refractivity contribution in [3.05, 3.63) is 11.1 Å². The average molecular weight is 210 g/mol. The van der Waals surface area contributed by atoms with Crippen LogP contribution in [0, 0.1) is 0 Å². The first kappa shape index (κ1) is 12.0. The lowest BCUT2D eigenvalue weighted by Gasteiger charge is -2.05. The van der Waals surface area contributed by atoms with Crippen molar-refractivity contribution >= 4 is 11.8 Å². The van der Waals surface area contributed by atoms with Crippen LogP contribution in [0.5, 0.6) is 0 Å². The zero-order chi connectivity index (χ0) is 11.3. The molecule has 0 aromatic heterocycles. The van der Waals surface area contributed by atoms with E-state index < -0.39 is 5.97 Å². The number of esters is 1. The molecule has 0 saturated heterocycles. The molecule has 0 aromatic carbocycles. The second-order valence-electron chi connectivity index (χ2n) is 3.73. The molecule has 0 saturated carbocycles. The van der Waals surface area contributed by atoms with Gasteiger partial charge in [0.15, 0.2) is 5.78 Å². The van der Waals surface area contributed by atoms with Crippen LogP contribution in [0.3, 0.4) is 0 Å². The number of ether oxygens (including phenoxy) is 1. The topological polar surface area (TPSA) is 43.4 Å². The summed E-state index contributed by atoms with van der Waals surface area (Å²) in [6.07, 6.45) is 4.19. The third kappa shape index (κ3) is 2.91. The zero-order valence-corrected chi connectivity index (χ0v) is 9.47. The number of carbonyl (C=O) groups is 2. The Morgan fingerprint density at radius 1 is 1.33 bits per heavy atom. The first-order chi connectivity index (χ1) is 7.20. The lowest BCUT2D eigenvalue weighted by atomic mass is 10.0. The van der Waals surface area contributed by atoms with E-state index in [0.717, 1.165) is 31.3 Å². The highest BCUT2D eigenvalue weighted by molar-refractivity contribution is 6.19. The third-order valence-corrected chi connectivity index (χ3v) is 2.60. The molecule has 0 bridgehead atoms. The fourth-order valence-corrected chi connectivity index (χ4v) is 1.81. The standard InChI is InChI=1S/C12H18O3/c1-3-5-6-9-7-8-10(13)11(9)12(14)15-4-2/h3-8H2,1-2H3. The van der Waals surface area contributed by atoms with Crippen LogP contribution in [0.1, 0.15) is 46.0 Å². The summed E-state index contributed by atoms with van der Waals surface area (Å²) in [6, 6.07) is 0. The SMILES string of the molecule is CCCCC1=C(C(=O)OCC)C(=O)CC1. The highest BCUT2D eigenvalue weighted by Crippen LogP contribution is 2.27. The highest BCUT2D eigenvalue weighted by Gasteiger charge is 2.28. The van der Waals surface area contributed by atoms with Gasteiger partial charge in [-0.2, -0.15) is 0 Å². The van der Waals surface area contributed by atoms with E-state index >= 15 is 0 Å². The van der Waals surface area contributed by atoms with Crippen molar-refractivity contribution in [3.8, 4) is 0 Å². The minimum atomic E-state index is -0.425. The molecule has 3 heteroatoms. The Morgan fingerprint density at radius 2 is 2.07 bits per heavy atom. The van der Waals surface area contributed by atoms with E-state index in [-0.39, 0.29) is 5.78 Å². The van der Waals surface area contributed by atoms with Gasteiger partial charge in [0.1, 0.15) is 5.57 Å². The van der Waals surface area contributed by atoms with Gasteiger partial charge < -0.3 is 4.74 Å². The quantitative estimate of drug-likeness (QED) is 0.517. The van der Waals surface area contributed by atoms with Gasteiger partial charge in [0.05, 0.1) is 6.61 Å². The molecule has 0 radical (unpaired) electrons. The van der Waals surface area contributed by atoms with E-state index in [4.69, 9.17) is 4.74 Å². The molecule has 84 valence electrons. The number of unbranched alkanes of at least 4 members (excludes halogenated alkanes) is 1. The van der Waals surface area contributed by atoms with E-state index in [1.165, 1.54) is 0 Å². The van der Waals surface area contributed by atoms with E-state index in [9.17, 15) is 9.59 Å². The van der Waals surface area contributed by atoms with Crippen LogP contribution in [0.2, 0.25) is 0 Å². The monoisotopic (exact) mass is 210 g/mol. The fourth-order valence-electron chi connectivity index (χ4n) is 1.81. The normalized spacial score (nSPS) is 16.0. The van der Waals surface area contributed by atoms with Crippen molar-refractivity contribution in [2.45, 2.75) is 46.0 Å². The second-order valence-corrected chi connectivity index (χ2v) is 3.73. The van der Waals surface area contributed by atoms with Crippen molar-refractivity contribution in [1.82, 2.24) is 0 Å². The van der Waals surface area contributed by atoms with Crippen molar-refractivity contribution in [2.24, 2.45) is 0 Å². The van der Waals surface area contributed by atoms with Gasteiger partial charge in [0, 0.05) is 6.42 Å². The Bertz CT molecular complexity index is 289. The van der Waals surface area contributed by atoms with Gasteiger partial charge in [-0.25, -0.2) is 4.79 Å². The van der Waals surface area contributed by atoms with Gasteiger partial charge in [0.2, 0.25) is 0 Å². The van der Waals surface area contributed by atoms with Gasteiger partial charge in [0.25, 0.3) is 0 Å². The van der Waals surface area contributed by atoms with Gasteiger partial charge in [-0.1, -0.05) is 18.9 Å². The molecule has 1 rings (SSSR count). The third-order valence-electron chi connectivity index (χ3n) is 2.60. The second kappa shape index (κ2) is 5.69. The van der Waals surface area contributed by atoms with Crippen LogP contribution in [0.15, 0.2) is 11.1 Å². The van der Waals surface area contributed by atoms with Crippen molar-refractivity contribution in [1.29, 1.82) is 0 Å². The van der Waals surface area contributed by atoms with Gasteiger partial charge in [-0.15, -0.1) is 0 Å². The molecule has 0 unspecified atom stereocenters. The zero-order valence-electron chi connectivity index (χ0n) is 9.47. The van der Waals surface area contributed by atoms with Crippen molar-refractivity contribution < 1.29 is 14.3 Å². The molecule has 15 heavy (non-hydrogen) atoms. The number of carbonyl (C=O) groups excluding carboxylic acids is 2. The number of hydrogen-bond donors (Lipinski definition) is 0. The summed E-state index contributed by atoms with van der Waals surface area (Å²) in [6.45, 7) is 4.18. The molecular weight excluding hydrogens is 192 g/mol. The number of allylic oxidation sites excluding steroid dienone is 1. The summed E-state index contributed by atoms with van der Waals surface area (Å²) >= 11 is 0. The Kier molecular flexibility index (Phi) is 4.53. The summed E-state index contributed by atoms with van der Waals surface area (Å²) in [5, 5.41) is 0. The predicted molar refractivity (Wildman–Crippen MR) is 57.4 cm³/mol. The van der Waals surface area contributed by atoms with E-state index in [2.05, 4.69) is 6.92 Å². The maximum atomic E-state index is 11.5. The van der Waals surface area contributed by atoms with Crippen molar-refractivity contribution in [3.63, 3.8) is 0 Å². The molecule has 1 aliphatic rings. The lowest BCUT2D eigenvalue weighted by Crippen LogP contribution is -2.13. The van der Waals surface area contributed by atoms with Crippen LogP contribution in [-0.2, 0) is 14.3 Å². The Labute approximate surface area is 90.5 Å². The first-order valence-electron chi connectivity index (χ1n) is 5.63. The Hall–Kier alpha value is -1.12. The summed E-state index contributed by atoms with van der Waals surface area (Å²) in [4.78, 5) is 23.0. The molecule has 0 heterocycles. The fraction of sp³-hybridized carbons (Fsp3) is 0.667. The van der Waals surface area contributed by atoms with E-state index in [1.807, 2.05) is 0 Å². The van der Waals surface area contributed by atoms with Crippen LogP contribution in [-0.4, -0.2) is 18.4 Å². The first-order valence-corrected chi connectivity index (χ1v) is 5.63. The number of ketones is 1. The summed E-state index contributed by atoms with van der Waals surface area (Å²) < 4.78 is 4.89. The Balaban J connectivity index is 2.76. The van der Waals surface area contributed by atoms with Gasteiger partial charge in [-0.3, -0.25) is 4.79 Å². The maximum absolute atomic E-state index is 11.5. The molecule has 0 aliphatic heterocycles. The highest BCUT2D eigenvalue weighted by atomic mass is 16.5. The van der Waals surface area contributed by atoms with E-state index in [0.29, 0.717) is 18.6 Å². The Morgan fingerprint density at radius 3 is 2.67 bits per heavy atom. The number of rotatable bonds is 5. The van der Waals surface area contributed by atoms with Crippen LogP contribution < -0.4 is 0 Å². The molecule has 1 aliphatic carbocycles. The minimum Gasteiger partial charge on any atom is -0.462 e. The molecule has 0 fully saturated rings. The number of hydrogen-bond acceptors (Lipinski definition) is 3. The van der Waals surface area contributed by atoms with Crippen LogP contribution >= 0.6 is 0 Å².